The largest absolute Gasteiger partial charge is 0.462 e. The summed E-state index contributed by atoms with van der Waals surface area (Å²) >= 11 is 0. The Kier molecular flexibility index (Phi) is 3.02. The number of esters is 1. The van der Waals surface area contributed by atoms with Gasteiger partial charge in [0, 0.05) is 6.20 Å². The maximum absolute atomic E-state index is 12.4. The minimum absolute atomic E-state index is 0.0179. The molecule has 106 valence electrons. The number of hydrogen-bond acceptors (Lipinski definition) is 6. The molecule has 3 rings (SSSR count). The standard InChI is InChI=1S/C14H12N4O3/c1-2-21-13(20)9-7-18-12(19)8-5-3-4-6-10(8)16-14(18)17-11(9)15/h3-7H,2H2,1H3,(H2,15,16,17). The quantitative estimate of drug-likeness (QED) is 0.556. The Hall–Kier alpha value is -2.96. The summed E-state index contributed by atoms with van der Waals surface area (Å²) in [6.45, 7) is 1.89. The maximum Gasteiger partial charge on any atom is 0.343 e. The molecule has 2 aromatic heterocycles. The van der Waals surface area contributed by atoms with Crippen LogP contribution in [0.1, 0.15) is 17.3 Å². The normalized spacial score (nSPS) is 10.9. The van der Waals surface area contributed by atoms with Crippen LogP contribution in [0.4, 0.5) is 5.82 Å². The van der Waals surface area contributed by atoms with Crippen LogP contribution < -0.4 is 11.3 Å². The van der Waals surface area contributed by atoms with E-state index in [-0.39, 0.29) is 29.3 Å². The van der Waals surface area contributed by atoms with Crippen molar-refractivity contribution in [3.8, 4) is 0 Å². The zero-order chi connectivity index (χ0) is 15.0. The number of anilines is 1. The first-order valence-electron chi connectivity index (χ1n) is 6.36. The highest BCUT2D eigenvalue weighted by Gasteiger charge is 2.16. The van der Waals surface area contributed by atoms with Crippen LogP contribution in [-0.4, -0.2) is 26.9 Å². The van der Waals surface area contributed by atoms with Gasteiger partial charge in [-0.1, -0.05) is 12.1 Å². The van der Waals surface area contributed by atoms with Crippen molar-refractivity contribution < 1.29 is 9.53 Å². The number of carbonyl (C=O) groups is 1. The summed E-state index contributed by atoms with van der Waals surface area (Å²) in [4.78, 5) is 32.5. The van der Waals surface area contributed by atoms with E-state index in [4.69, 9.17) is 10.5 Å². The molecule has 1 aromatic carbocycles. The highest BCUT2D eigenvalue weighted by molar-refractivity contribution is 5.94. The topological polar surface area (TPSA) is 99.6 Å². The molecule has 3 aromatic rings. The molecule has 0 amide bonds. The number of nitrogens with zero attached hydrogens (tertiary/aromatic N) is 3. The van der Waals surface area contributed by atoms with Crippen LogP contribution in [0.25, 0.3) is 16.7 Å². The molecule has 0 radical (unpaired) electrons. The summed E-state index contributed by atoms with van der Waals surface area (Å²) in [7, 11) is 0. The lowest BCUT2D eigenvalue weighted by molar-refractivity contribution is 0.0526. The summed E-state index contributed by atoms with van der Waals surface area (Å²) < 4.78 is 6.09. The van der Waals surface area contributed by atoms with Crippen molar-refractivity contribution >= 4 is 28.5 Å². The zero-order valence-corrected chi connectivity index (χ0v) is 11.2. The Bertz CT molecular complexity index is 917. The number of carbonyl (C=O) groups excluding carboxylic acids is 1. The number of hydrogen-bond donors (Lipinski definition) is 1. The molecule has 0 aliphatic heterocycles. The van der Waals surface area contributed by atoms with E-state index in [1.54, 1.807) is 31.2 Å². The zero-order valence-electron chi connectivity index (χ0n) is 11.2. The van der Waals surface area contributed by atoms with Gasteiger partial charge in [-0.15, -0.1) is 0 Å². The Morgan fingerprint density at radius 1 is 1.33 bits per heavy atom. The van der Waals surface area contributed by atoms with E-state index >= 15 is 0 Å². The number of aromatic nitrogens is 3. The third kappa shape index (κ3) is 2.08. The SMILES string of the molecule is CCOC(=O)c1cn2c(=O)c3ccccc3nc2nc1N. The second-order valence-corrected chi connectivity index (χ2v) is 4.36. The van der Waals surface area contributed by atoms with Gasteiger partial charge in [0.2, 0.25) is 5.78 Å². The van der Waals surface area contributed by atoms with Crippen molar-refractivity contribution in [2.75, 3.05) is 12.3 Å². The van der Waals surface area contributed by atoms with Gasteiger partial charge in [0.05, 0.1) is 17.5 Å². The van der Waals surface area contributed by atoms with E-state index in [0.717, 1.165) is 0 Å². The molecule has 7 heteroatoms. The van der Waals surface area contributed by atoms with E-state index < -0.39 is 5.97 Å². The predicted octanol–water partition coefficient (Wildman–Crippen LogP) is 1.00. The number of rotatable bonds is 2. The lowest BCUT2D eigenvalue weighted by atomic mass is 10.2. The molecule has 2 heterocycles. The first-order valence-corrected chi connectivity index (χ1v) is 6.36. The van der Waals surface area contributed by atoms with E-state index in [9.17, 15) is 9.59 Å². The molecule has 0 atom stereocenters. The highest BCUT2D eigenvalue weighted by atomic mass is 16.5. The third-order valence-electron chi connectivity index (χ3n) is 3.04. The Morgan fingerprint density at radius 2 is 2.10 bits per heavy atom. The molecule has 0 fully saturated rings. The van der Waals surface area contributed by atoms with Crippen LogP contribution in [0.15, 0.2) is 35.3 Å². The third-order valence-corrected chi connectivity index (χ3v) is 3.04. The van der Waals surface area contributed by atoms with Crippen molar-refractivity contribution in [3.05, 3.63) is 46.4 Å². The van der Waals surface area contributed by atoms with Crippen molar-refractivity contribution in [2.24, 2.45) is 0 Å². The second kappa shape index (κ2) is 4.86. The number of ether oxygens (including phenoxy) is 1. The fraction of sp³-hybridized carbons (Fsp3) is 0.143. The van der Waals surface area contributed by atoms with E-state index in [1.165, 1.54) is 10.6 Å². The van der Waals surface area contributed by atoms with E-state index in [2.05, 4.69) is 9.97 Å². The van der Waals surface area contributed by atoms with Crippen molar-refractivity contribution in [2.45, 2.75) is 6.92 Å². The Labute approximate surface area is 119 Å². The van der Waals surface area contributed by atoms with Crippen molar-refractivity contribution in [1.82, 2.24) is 14.4 Å². The van der Waals surface area contributed by atoms with Crippen LogP contribution >= 0.6 is 0 Å². The average Bonchev–Trinajstić information content (AvgIpc) is 2.47. The van der Waals surface area contributed by atoms with Gasteiger partial charge in [-0.05, 0) is 19.1 Å². The molecule has 0 aliphatic carbocycles. The first kappa shape index (κ1) is 13.0. The van der Waals surface area contributed by atoms with Crippen molar-refractivity contribution in [1.29, 1.82) is 0 Å². The molecular formula is C14H12N4O3. The Morgan fingerprint density at radius 3 is 2.86 bits per heavy atom. The molecule has 21 heavy (non-hydrogen) atoms. The average molecular weight is 284 g/mol. The summed E-state index contributed by atoms with van der Waals surface area (Å²) in [5.74, 6) is -0.496. The lowest BCUT2D eigenvalue weighted by Gasteiger charge is -2.07. The van der Waals surface area contributed by atoms with Crippen LogP contribution in [0.5, 0.6) is 0 Å². The Balaban J connectivity index is 2.35. The van der Waals surface area contributed by atoms with Gasteiger partial charge >= 0.3 is 5.97 Å². The molecule has 7 nitrogen and oxygen atoms in total. The molecule has 0 unspecified atom stereocenters. The van der Waals surface area contributed by atoms with Gasteiger partial charge in [-0.2, -0.15) is 4.98 Å². The number of nitrogen functional groups attached to an aromatic ring is 1. The van der Waals surface area contributed by atoms with Crippen LogP contribution in [0, 0.1) is 0 Å². The second-order valence-electron chi connectivity index (χ2n) is 4.36. The van der Waals surface area contributed by atoms with Crippen LogP contribution in [0.2, 0.25) is 0 Å². The van der Waals surface area contributed by atoms with Gasteiger partial charge < -0.3 is 10.5 Å². The number of para-hydroxylation sites is 1. The fourth-order valence-electron chi connectivity index (χ4n) is 2.06. The summed E-state index contributed by atoms with van der Waals surface area (Å²) in [6, 6.07) is 6.90. The maximum atomic E-state index is 12.4. The summed E-state index contributed by atoms with van der Waals surface area (Å²) in [5, 5.41) is 0.441. The highest BCUT2D eigenvalue weighted by Crippen LogP contribution is 2.13. The first-order chi connectivity index (χ1) is 10.1. The molecule has 0 saturated heterocycles. The molecule has 0 saturated carbocycles. The minimum Gasteiger partial charge on any atom is -0.462 e. The molecule has 2 N–H and O–H groups in total. The summed E-state index contributed by atoms with van der Waals surface area (Å²) in [6.07, 6.45) is 1.32. The smallest absolute Gasteiger partial charge is 0.343 e. The van der Waals surface area contributed by atoms with Gasteiger partial charge in [-0.3, -0.25) is 9.20 Å². The molecule has 0 aliphatic rings. The van der Waals surface area contributed by atoms with E-state index in [0.29, 0.717) is 10.9 Å². The van der Waals surface area contributed by atoms with Gasteiger partial charge in [0.25, 0.3) is 5.56 Å². The molecular weight excluding hydrogens is 272 g/mol. The minimum atomic E-state index is -0.621. The van der Waals surface area contributed by atoms with Gasteiger partial charge in [-0.25, -0.2) is 9.78 Å². The van der Waals surface area contributed by atoms with E-state index in [1.807, 2.05) is 0 Å². The number of fused-ring (bicyclic) bond motifs is 2. The summed E-state index contributed by atoms with van der Waals surface area (Å²) in [5.41, 5.74) is 6.00. The molecule has 0 bridgehead atoms. The number of benzene rings is 1. The van der Waals surface area contributed by atoms with Crippen molar-refractivity contribution in [3.63, 3.8) is 0 Å². The fourth-order valence-corrected chi connectivity index (χ4v) is 2.06. The van der Waals surface area contributed by atoms with Crippen LogP contribution in [0.3, 0.4) is 0 Å². The lowest BCUT2D eigenvalue weighted by Crippen LogP contribution is -2.20. The van der Waals surface area contributed by atoms with Crippen LogP contribution in [-0.2, 0) is 4.74 Å². The predicted molar refractivity (Wildman–Crippen MR) is 77.1 cm³/mol. The monoisotopic (exact) mass is 284 g/mol. The number of nitrogens with two attached hydrogens (primary N) is 1. The van der Waals surface area contributed by atoms with Gasteiger partial charge in [0.1, 0.15) is 11.4 Å². The molecule has 0 spiro atoms. The van der Waals surface area contributed by atoms with Gasteiger partial charge in [0.15, 0.2) is 0 Å².